The minimum atomic E-state index is -0.265. The van der Waals surface area contributed by atoms with Gasteiger partial charge in [-0.15, -0.1) is 11.3 Å². The van der Waals surface area contributed by atoms with Crippen molar-refractivity contribution >= 4 is 27.5 Å². The number of amides is 1. The zero-order valence-electron chi connectivity index (χ0n) is 18.2. The fourth-order valence-electron chi connectivity index (χ4n) is 3.35. The molecule has 2 aromatic heterocycles. The number of fused-ring (bicyclic) bond motifs is 1. The summed E-state index contributed by atoms with van der Waals surface area (Å²) in [7, 11) is 3.38. The highest BCUT2D eigenvalue weighted by atomic mass is 32.1. The second kappa shape index (κ2) is 9.40. The molecule has 0 spiro atoms. The minimum Gasteiger partial charge on any atom is -0.497 e. The van der Waals surface area contributed by atoms with Crippen molar-refractivity contribution in [2.75, 3.05) is 27.3 Å². The summed E-state index contributed by atoms with van der Waals surface area (Å²) in [5.74, 6) is 1.17. The molecule has 1 amide bonds. The van der Waals surface area contributed by atoms with E-state index in [0.717, 1.165) is 33.0 Å². The van der Waals surface area contributed by atoms with E-state index < -0.39 is 0 Å². The number of rotatable bonds is 8. The Labute approximate surface area is 189 Å². The summed E-state index contributed by atoms with van der Waals surface area (Å²) in [6.07, 6.45) is 0. The Balaban J connectivity index is 1.41. The number of nitrogens with zero attached hydrogens (tertiary/aromatic N) is 3. The maximum atomic E-state index is 13.2. The fraction of sp³-hybridized carbons (Fsp3) is 0.250. The standard InChI is InChI=1S/C24H24FN3O3S/c1-16-21-14-22(32-24(21)28(26-16)15-17-4-6-18(25)7-5-17)23(29)27(2)12-13-31-20-10-8-19(30-3)9-11-20/h4-11,14H,12-13,15H2,1-3H3. The first-order valence-corrected chi connectivity index (χ1v) is 11.0. The molecule has 8 heteroatoms. The number of hydrogen-bond donors (Lipinski definition) is 0. The predicted octanol–water partition coefficient (Wildman–Crippen LogP) is 4.75. The summed E-state index contributed by atoms with van der Waals surface area (Å²) >= 11 is 1.42. The van der Waals surface area contributed by atoms with E-state index >= 15 is 0 Å². The summed E-state index contributed by atoms with van der Waals surface area (Å²) in [6, 6.07) is 15.6. The number of likely N-dealkylation sites (N-methyl/N-ethyl adjacent to an activating group) is 1. The van der Waals surface area contributed by atoms with Crippen molar-refractivity contribution in [2.24, 2.45) is 0 Å². The molecular weight excluding hydrogens is 429 g/mol. The van der Waals surface area contributed by atoms with E-state index in [9.17, 15) is 9.18 Å². The van der Waals surface area contributed by atoms with Crippen LogP contribution in [-0.2, 0) is 6.54 Å². The van der Waals surface area contributed by atoms with E-state index in [1.807, 2.05) is 41.9 Å². The quantitative estimate of drug-likeness (QED) is 0.386. The lowest BCUT2D eigenvalue weighted by Crippen LogP contribution is -2.30. The molecule has 4 aromatic rings. The average molecular weight is 454 g/mol. The van der Waals surface area contributed by atoms with Crippen LogP contribution < -0.4 is 9.47 Å². The number of ether oxygens (including phenoxy) is 2. The first kappa shape index (κ1) is 21.8. The van der Waals surface area contributed by atoms with Crippen molar-refractivity contribution in [3.63, 3.8) is 0 Å². The topological polar surface area (TPSA) is 56.6 Å². The van der Waals surface area contributed by atoms with Crippen LogP contribution in [0.15, 0.2) is 54.6 Å². The van der Waals surface area contributed by atoms with Crippen molar-refractivity contribution < 1.29 is 18.7 Å². The van der Waals surface area contributed by atoms with Gasteiger partial charge in [-0.05, 0) is 55.0 Å². The molecule has 0 unspecified atom stereocenters. The summed E-state index contributed by atoms with van der Waals surface area (Å²) < 4.78 is 25.9. The first-order valence-electron chi connectivity index (χ1n) is 10.2. The fourth-order valence-corrected chi connectivity index (χ4v) is 4.51. The predicted molar refractivity (Wildman–Crippen MR) is 123 cm³/mol. The van der Waals surface area contributed by atoms with Crippen LogP contribution in [0.5, 0.6) is 11.5 Å². The van der Waals surface area contributed by atoms with Gasteiger partial charge >= 0.3 is 0 Å². The number of hydrogen-bond acceptors (Lipinski definition) is 5. The lowest BCUT2D eigenvalue weighted by molar-refractivity contribution is 0.0778. The van der Waals surface area contributed by atoms with E-state index in [-0.39, 0.29) is 11.7 Å². The average Bonchev–Trinajstić information content (AvgIpc) is 3.36. The van der Waals surface area contributed by atoms with E-state index in [1.54, 1.807) is 31.2 Å². The third-order valence-corrected chi connectivity index (χ3v) is 6.30. The Morgan fingerprint density at radius 3 is 2.50 bits per heavy atom. The van der Waals surface area contributed by atoms with Crippen molar-refractivity contribution in [2.45, 2.75) is 13.5 Å². The van der Waals surface area contributed by atoms with Gasteiger partial charge in [0.15, 0.2) is 0 Å². The summed E-state index contributed by atoms with van der Waals surface area (Å²) in [5.41, 5.74) is 1.81. The molecule has 0 fully saturated rings. The SMILES string of the molecule is COc1ccc(OCCN(C)C(=O)c2cc3c(C)nn(Cc4ccc(F)cc4)c3s2)cc1. The molecule has 0 N–H and O–H groups in total. The smallest absolute Gasteiger partial charge is 0.263 e. The van der Waals surface area contributed by atoms with Gasteiger partial charge in [0.25, 0.3) is 5.91 Å². The van der Waals surface area contributed by atoms with Crippen LogP contribution in [0, 0.1) is 12.7 Å². The Morgan fingerprint density at radius 1 is 1.12 bits per heavy atom. The van der Waals surface area contributed by atoms with Gasteiger partial charge < -0.3 is 14.4 Å². The van der Waals surface area contributed by atoms with Crippen LogP contribution in [0.4, 0.5) is 4.39 Å². The van der Waals surface area contributed by atoms with E-state index in [1.165, 1.54) is 23.5 Å². The van der Waals surface area contributed by atoms with Crippen LogP contribution in [0.3, 0.4) is 0 Å². The molecule has 0 aliphatic carbocycles. The molecule has 4 rings (SSSR count). The molecule has 6 nitrogen and oxygen atoms in total. The molecule has 0 saturated carbocycles. The van der Waals surface area contributed by atoms with Crippen molar-refractivity contribution in [3.05, 3.63) is 76.5 Å². The van der Waals surface area contributed by atoms with Gasteiger partial charge in [0.05, 0.1) is 30.8 Å². The molecular formula is C24H24FN3O3S. The van der Waals surface area contributed by atoms with Crippen LogP contribution in [0.1, 0.15) is 20.9 Å². The van der Waals surface area contributed by atoms with Crippen LogP contribution >= 0.6 is 11.3 Å². The van der Waals surface area contributed by atoms with Gasteiger partial charge in [0.2, 0.25) is 0 Å². The van der Waals surface area contributed by atoms with Gasteiger partial charge in [0, 0.05) is 12.4 Å². The maximum Gasteiger partial charge on any atom is 0.263 e. The zero-order valence-corrected chi connectivity index (χ0v) is 19.0. The molecule has 0 atom stereocenters. The van der Waals surface area contributed by atoms with Gasteiger partial charge in [-0.3, -0.25) is 9.48 Å². The van der Waals surface area contributed by atoms with Crippen LogP contribution in [-0.4, -0.2) is 47.9 Å². The number of methoxy groups -OCH3 is 1. The highest BCUT2D eigenvalue weighted by Gasteiger charge is 2.19. The number of thiophene rings is 1. The Morgan fingerprint density at radius 2 is 1.81 bits per heavy atom. The number of benzene rings is 2. The molecule has 0 radical (unpaired) electrons. The van der Waals surface area contributed by atoms with E-state index in [0.29, 0.717) is 24.6 Å². The number of aryl methyl sites for hydroxylation is 1. The largest absolute Gasteiger partial charge is 0.497 e. The lowest BCUT2D eigenvalue weighted by atomic mass is 10.2. The first-order chi connectivity index (χ1) is 15.4. The number of carbonyl (C=O) groups is 1. The molecule has 0 saturated heterocycles. The molecule has 0 aliphatic rings. The molecule has 2 heterocycles. The van der Waals surface area contributed by atoms with Gasteiger partial charge in [0.1, 0.15) is 28.8 Å². The summed E-state index contributed by atoms with van der Waals surface area (Å²) in [6.45, 7) is 3.29. The summed E-state index contributed by atoms with van der Waals surface area (Å²) in [5, 5.41) is 5.55. The second-order valence-corrected chi connectivity index (χ2v) is 8.48. The third-order valence-electron chi connectivity index (χ3n) is 5.17. The monoisotopic (exact) mass is 453 g/mol. The Hall–Kier alpha value is -3.39. The maximum absolute atomic E-state index is 13.2. The third kappa shape index (κ3) is 4.75. The van der Waals surface area contributed by atoms with Crippen LogP contribution in [0.25, 0.3) is 10.2 Å². The van der Waals surface area contributed by atoms with Crippen LogP contribution in [0.2, 0.25) is 0 Å². The van der Waals surface area contributed by atoms with Gasteiger partial charge in [-0.1, -0.05) is 12.1 Å². The van der Waals surface area contributed by atoms with E-state index in [2.05, 4.69) is 5.10 Å². The number of halogens is 1. The second-order valence-electron chi connectivity index (χ2n) is 7.45. The summed E-state index contributed by atoms with van der Waals surface area (Å²) in [4.78, 5) is 16.2. The Kier molecular flexibility index (Phi) is 6.41. The minimum absolute atomic E-state index is 0.0581. The van der Waals surface area contributed by atoms with Gasteiger partial charge in [-0.25, -0.2) is 4.39 Å². The number of aromatic nitrogens is 2. The number of carbonyl (C=O) groups excluding carboxylic acids is 1. The zero-order chi connectivity index (χ0) is 22.7. The molecule has 166 valence electrons. The lowest BCUT2D eigenvalue weighted by Gasteiger charge is -2.16. The van der Waals surface area contributed by atoms with Gasteiger partial charge in [-0.2, -0.15) is 5.10 Å². The molecule has 2 aromatic carbocycles. The van der Waals surface area contributed by atoms with E-state index in [4.69, 9.17) is 9.47 Å². The molecule has 0 aliphatic heterocycles. The molecule has 32 heavy (non-hydrogen) atoms. The highest BCUT2D eigenvalue weighted by molar-refractivity contribution is 7.20. The molecule has 0 bridgehead atoms. The van der Waals surface area contributed by atoms with Crippen molar-refractivity contribution in [1.29, 1.82) is 0 Å². The normalized spacial score (nSPS) is 11.0. The highest BCUT2D eigenvalue weighted by Crippen LogP contribution is 2.29. The van der Waals surface area contributed by atoms with Crippen molar-refractivity contribution in [3.8, 4) is 11.5 Å². The van der Waals surface area contributed by atoms with Crippen molar-refractivity contribution in [1.82, 2.24) is 14.7 Å². The Bertz CT molecular complexity index is 1220.